The van der Waals surface area contributed by atoms with Gasteiger partial charge in [-0.2, -0.15) is 13.2 Å². The highest BCUT2D eigenvalue weighted by atomic mass is 19.4. The van der Waals surface area contributed by atoms with Crippen molar-refractivity contribution >= 4 is 17.5 Å². The Balaban J connectivity index is 1.57. The number of benzene rings is 1. The van der Waals surface area contributed by atoms with Crippen molar-refractivity contribution in [2.24, 2.45) is 0 Å². The molecule has 3 heterocycles. The summed E-state index contributed by atoms with van der Waals surface area (Å²) in [7, 11) is 0. The minimum Gasteiger partial charge on any atom is -0.436 e. The summed E-state index contributed by atoms with van der Waals surface area (Å²) < 4.78 is 63.4. The molecule has 1 aromatic heterocycles. The fraction of sp³-hybridized carbons (Fsp3) is 0.450. The van der Waals surface area contributed by atoms with Gasteiger partial charge < -0.3 is 19.0 Å². The van der Waals surface area contributed by atoms with Crippen molar-refractivity contribution in [3.05, 3.63) is 47.4 Å². The van der Waals surface area contributed by atoms with Gasteiger partial charge in [0.2, 0.25) is 5.76 Å². The molecule has 1 atom stereocenters. The van der Waals surface area contributed by atoms with Crippen LogP contribution in [0.4, 0.5) is 23.2 Å². The average Bonchev–Trinajstić information content (AvgIpc) is 3.13. The van der Waals surface area contributed by atoms with Crippen LogP contribution in [0.2, 0.25) is 0 Å². The van der Waals surface area contributed by atoms with Crippen LogP contribution >= 0.6 is 0 Å². The number of carbonyl (C=O) groups excluding carboxylic acids is 2. The first-order valence-electron chi connectivity index (χ1n) is 9.62. The molecule has 1 unspecified atom stereocenters. The molecule has 7 nitrogen and oxygen atoms in total. The number of hydrogen-bond acceptors (Lipinski definition) is 5. The number of rotatable bonds is 2. The smallest absolute Gasteiger partial charge is 0.436 e. The van der Waals surface area contributed by atoms with E-state index in [1.165, 1.54) is 41.0 Å². The molecule has 0 aliphatic carbocycles. The molecular formula is C20H19F4N3O4. The number of carbonyl (C=O) groups is 2. The van der Waals surface area contributed by atoms with Gasteiger partial charge in [-0.25, -0.2) is 9.37 Å². The molecule has 2 aliphatic rings. The Hall–Kier alpha value is -2.95. The van der Waals surface area contributed by atoms with E-state index in [9.17, 15) is 27.2 Å². The molecule has 0 bridgehead atoms. The summed E-state index contributed by atoms with van der Waals surface area (Å²) in [5, 5.41) is 0. The number of halogens is 4. The fourth-order valence-electron chi connectivity index (χ4n) is 4.00. The number of anilines is 1. The lowest BCUT2D eigenvalue weighted by molar-refractivity contribution is -0.154. The summed E-state index contributed by atoms with van der Waals surface area (Å²) in [5.74, 6) is -3.37. The van der Waals surface area contributed by atoms with E-state index < -0.39 is 35.0 Å². The molecule has 2 saturated heterocycles. The molecule has 4 rings (SSSR count). The van der Waals surface area contributed by atoms with Crippen LogP contribution in [-0.2, 0) is 15.7 Å². The lowest BCUT2D eigenvalue weighted by Crippen LogP contribution is -2.62. The second-order valence-corrected chi connectivity index (χ2v) is 7.67. The summed E-state index contributed by atoms with van der Waals surface area (Å²) in [5.41, 5.74) is -1.26. The van der Waals surface area contributed by atoms with E-state index in [2.05, 4.69) is 9.40 Å². The van der Waals surface area contributed by atoms with E-state index in [-0.39, 0.29) is 38.0 Å². The van der Waals surface area contributed by atoms with Crippen molar-refractivity contribution in [2.45, 2.75) is 31.5 Å². The number of piperidine rings is 1. The molecule has 0 radical (unpaired) electrons. The van der Waals surface area contributed by atoms with Gasteiger partial charge in [-0.3, -0.25) is 9.59 Å². The van der Waals surface area contributed by atoms with Crippen molar-refractivity contribution in [1.82, 2.24) is 9.88 Å². The lowest BCUT2D eigenvalue weighted by Gasteiger charge is -2.47. The van der Waals surface area contributed by atoms with Gasteiger partial charge >= 0.3 is 6.18 Å². The maximum Gasteiger partial charge on any atom is 0.452 e. The molecule has 1 aromatic carbocycles. The first kappa shape index (κ1) is 21.3. The molecule has 1 spiro atoms. The molecule has 2 amide bonds. The summed E-state index contributed by atoms with van der Waals surface area (Å²) in [6.07, 6.45) is -3.88. The Bertz CT molecular complexity index is 1000. The van der Waals surface area contributed by atoms with E-state index >= 15 is 0 Å². The zero-order valence-corrected chi connectivity index (χ0v) is 16.5. The van der Waals surface area contributed by atoms with Gasteiger partial charge in [0.1, 0.15) is 18.0 Å². The number of aromatic nitrogens is 1. The monoisotopic (exact) mass is 441 g/mol. The topological polar surface area (TPSA) is 75.9 Å². The Labute approximate surface area is 174 Å². The number of aryl methyl sites for hydroxylation is 1. The number of likely N-dealkylation sites (tertiary alicyclic amines) is 1. The zero-order chi connectivity index (χ0) is 22.4. The molecular weight excluding hydrogens is 422 g/mol. The summed E-state index contributed by atoms with van der Waals surface area (Å²) >= 11 is 0. The quantitative estimate of drug-likeness (QED) is 0.670. The SMILES string of the molecule is Cc1nc(C(=O)N2CCCC3(C2)CN(c2ccc(F)cc2)C(=O)CO3)c(C(F)(F)F)o1. The van der Waals surface area contributed by atoms with Crippen molar-refractivity contribution in [2.75, 3.05) is 31.1 Å². The molecule has 2 aliphatic heterocycles. The summed E-state index contributed by atoms with van der Waals surface area (Å²) in [4.78, 5) is 31.6. The number of nitrogens with zero attached hydrogens (tertiary/aromatic N) is 3. The minimum absolute atomic E-state index is 0.0139. The second kappa shape index (κ2) is 7.63. The fourth-order valence-corrected chi connectivity index (χ4v) is 4.00. The molecule has 2 fully saturated rings. The summed E-state index contributed by atoms with van der Waals surface area (Å²) in [6, 6.07) is 5.39. The highest BCUT2D eigenvalue weighted by Crippen LogP contribution is 2.36. The van der Waals surface area contributed by atoms with Gasteiger partial charge in [0.05, 0.1) is 13.1 Å². The van der Waals surface area contributed by atoms with E-state index in [0.717, 1.165) is 0 Å². The molecule has 0 N–H and O–H groups in total. The predicted octanol–water partition coefficient (Wildman–Crippen LogP) is 3.18. The average molecular weight is 441 g/mol. The van der Waals surface area contributed by atoms with Crippen LogP contribution in [0.25, 0.3) is 0 Å². The van der Waals surface area contributed by atoms with Crippen LogP contribution in [0.5, 0.6) is 0 Å². The maximum atomic E-state index is 13.3. The largest absolute Gasteiger partial charge is 0.452 e. The van der Waals surface area contributed by atoms with Crippen molar-refractivity contribution in [3.8, 4) is 0 Å². The third kappa shape index (κ3) is 4.14. The number of alkyl halides is 3. The number of oxazole rings is 1. The third-order valence-electron chi connectivity index (χ3n) is 5.41. The third-order valence-corrected chi connectivity index (χ3v) is 5.41. The van der Waals surface area contributed by atoms with Crippen LogP contribution < -0.4 is 4.90 Å². The van der Waals surface area contributed by atoms with E-state index in [0.29, 0.717) is 18.5 Å². The lowest BCUT2D eigenvalue weighted by atomic mass is 9.90. The normalized spacial score (nSPS) is 22.3. The first-order valence-corrected chi connectivity index (χ1v) is 9.62. The summed E-state index contributed by atoms with van der Waals surface area (Å²) in [6.45, 7) is 1.28. The van der Waals surface area contributed by atoms with Gasteiger partial charge in [-0.05, 0) is 37.1 Å². The van der Waals surface area contributed by atoms with Gasteiger partial charge in [0.25, 0.3) is 11.8 Å². The standard InChI is InChI=1S/C20H19F4N3O4/c1-12-25-16(17(31-12)20(22,23)24)18(29)26-8-2-7-19(10-26)11-27(15(28)9-30-19)14-5-3-13(21)4-6-14/h3-6H,2,7-11H2,1H3. The second-order valence-electron chi connectivity index (χ2n) is 7.67. The number of morpholine rings is 1. The van der Waals surface area contributed by atoms with Crippen molar-refractivity contribution in [3.63, 3.8) is 0 Å². The molecule has 166 valence electrons. The number of ether oxygens (including phenoxy) is 1. The first-order chi connectivity index (χ1) is 14.6. The highest BCUT2D eigenvalue weighted by molar-refractivity contribution is 5.95. The Morgan fingerprint density at radius 2 is 1.90 bits per heavy atom. The number of hydrogen-bond donors (Lipinski definition) is 0. The molecule has 31 heavy (non-hydrogen) atoms. The minimum atomic E-state index is -4.85. The number of amides is 2. The van der Waals surface area contributed by atoms with E-state index in [1.807, 2.05) is 0 Å². The van der Waals surface area contributed by atoms with Crippen LogP contribution in [-0.4, -0.2) is 53.5 Å². The van der Waals surface area contributed by atoms with E-state index in [4.69, 9.17) is 4.74 Å². The predicted molar refractivity (Wildman–Crippen MR) is 98.8 cm³/mol. The van der Waals surface area contributed by atoms with Crippen molar-refractivity contribution < 1.29 is 36.3 Å². The molecule has 0 saturated carbocycles. The van der Waals surface area contributed by atoms with Crippen LogP contribution in [0, 0.1) is 12.7 Å². The van der Waals surface area contributed by atoms with E-state index in [1.54, 1.807) is 0 Å². The van der Waals surface area contributed by atoms with Crippen LogP contribution in [0.3, 0.4) is 0 Å². The van der Waals surface area contributed by atoms with Crippen LogP contribution in [0.1, 0.15) is 35.0 Å². The molecule has 11 heteroatoms. The van der Waals surface area contributed by atoms with Gasteiger partial charge in [0, 0.05) is 19.2 Å². The Morgan fingerprint density at radius 3 is 2.58 bits per heavy atom. The highest BCUT2D eigenvalue weighted by Gasteiger charge is 2.47. The Morgan fingerprint density at radius 1 is 1.19 bits per heavy atom. The zero-order valence-electron chi connectivity index (χ0n) is 16.5. The van der Waals surface area contributed by atoms with Gasteiger partial charge in [-0.1, -0.05) is 0 Å². The van der Waals surface area contributed by atoms with Gasteiger partial charge in [-0.15, -0.1) is 0 Å². The maximum absolute atomic E-state index is 13.3. The Kier molecular flexibility index (Phi) is 5.24. The van der Waals surface area contributed by atoms with Crippen LogP contribution in [0.15, 0.2) is 28.7 Å². The van der Waals surface area contributed by atoms with Crippen molar-refractivity contribution in [1.29, 1.82) is 0 Å². The molecule has 2 aromatic rings. The van der Waals surface area contributed by atoms with Gasteiger partial charge in [0.15, 0.2) is 11.6 Å².